The second kappa shape index (κ2) is 9.63. The molecule has 0 aromatic heterocycles. The molecule has 0 spiro atoms. The number of aliphatic hydroxyl groups is 1. The number of rotatable bonds is 4. The molecule has 0 aromatic carbocycles. The summed E-state index contributed by atoms with van der Waals surface area (Å²) in [4.78, 5) is 27.7. The van der Waals surface area contributed by atoms with Crippen LogP contribution in [-0.4, -0.2) is 63.8 Å². The Morgan fingerprint density at radius 2 is 1.89 bits per heavy atom. The van der Waals surface area contributed by atoms with E-state index in [-0.39, 0.29) is 18.1 Å². The number of aliphatic hydroxyl groups excluding tert-OH is 1. The van der Waals surface area contributed by atoms with Crippen LogP contribution in [0, 0.1) is 40.4 Å². The van der Waals surface area contributed by atoms with Gasteiger partial charge in [-0.15, -0.1) is 0 Å². The van der Waals surface area contributed by atoms with Gasteiger partial charge in [-0.05, 0) is 105 Å². The number of nitrogens with zero attached hydrogens (tertiary/aromatic N) is 2. The summed E-state index contributed by atoms with van der Waals surface area (Å²) in [7, 11) is 0. The molecule has 3 saturated carbocycles. The van der Waals surface area contributed by atoms with E-state index >= 15 is 0 Å². The standard InChI is InChI=1S/C30H48N2O4/c1-19(5-10-27(34)31-15-16-32(28(35)36)20(2)18-31)24-8-9-25-23-7-6-21-17-22(33)11-13-29(21,3)26(23)12-14-30(24,25)4/h6,19-20,22-26,33H,5,7-18H2,1-4H3,(H,35,36)/t19?,20-,22-,23-,24+,25-,26-,29-,30+/m0/s1. The van der Waals surface area contributed by atoms with Crippen molar-refractivity contribution in [3.8, 4) is 0 Å². The summed E-state index contributed by atoms with van der Waals surface area (Å²) in [5.74, 6) is 3.74. The lowest BCUT2D eigenvalue weighted by molar-refractivity contribution is -0.134. The third-order valence-electron chi connectivity index (χ3n) is 11.9. The maximum absolute atomic E-state index is 13.0. The zero-order valence-corrected chi connectivity index (χ0v) is 22.9. The summed E-state index contributed by atoms with van der Waals surface area (Å²) < 4.78 is 0. The third-order valence-corrected chi connectivity index (χ3v) is 11.9. The van der Waals surface area contributed by atoms with E-state index in [9.17, 15) is 19.8 Å². The zero-order valence-electron chi connectivity index (χ0n) is 22.9. The Kier molecular flexibility index (Phi) is 6.97. The first kappa shape index (κ1) is 26.1. The largest absolute Gasteiger partial charge is 0.465 e. The molecule has 36 heavy (non-hydrogen) atoms. The lowest BCUT2D eigenvalue weighted by Gasteiger charge is -2.58. The minimum Gasteiger partial charge on any atom is -0.465 e. The zero-order chi connectivity index (χ0) is 25.8. The molecule has 6 heteroatoms. The van der Waals surface area contributed by atoms with E-state index in [2.05, 4.69) is 26.8 Å². The van der Waals surface area contributed by atoms with Crippen molar-refractivity contribution in [2.24, 2.45) is 40.4 Å². The van der Waals surface area contributed by atoms with Gasteiger partial charge in [0.1, 0.15) is 0 Å². The van der Waals surface area contributed by atoms with Crippen molar-refractivity contribution >= 4 is 12.0 Å². The second-order valence-corrected chi connectivity index (χ2v) is 13.6. The van der Waals surface area contributed by atoms with Gasteiger partial charge in [0, 0.05) is 32.1 Å². The summed E-state index contributed by atoms with van der Waals surface area (Å²) in [6, 6.07) is -0.137. The molecule has 1 unspecified atom stereocenters. The normalized spacial score (nSPS) is 43.2. The van der Waals surface area contributed by atoms with Gasteiger partial charge in [0.05, 0.1) is 6.10 Å². The van der Waals surface area contributed by atoms with E-state index in [4.69, 9.17) is 0 Å². The molecule has 2 amide bonds. The summed E-state index contributed by atoms with van der Waals surface area (Å²) in [5.41, 5.74) is 2.22. The van der Waals surface area contributed by atoms with Crippen LogP contribution in [-0.2, 0) is 4.79 Å². The summed E-state index contributed by atoms with van der Waals surface area (Å²) in [6.07, 6.45) is 12.4. The highest BCUT2D eigenvalue weighted by Gasteiger charge is 2.59. The fourth-order valence-electron chi connectivity index (χ4n) is 9.80. The predicted molar refractivity (Wildman–Crippen MR) is 140 cm³/mol. The minimum absolute atomic E-state index is 0.137. The second-order valence-electron chi connectivity index (χ2n) is 13.6. The SMILES string of the molecule is CC(CCC(=O)N1CCN(C(=O)O)[C@@H](C)C1)[C@H]1CC[C@H]2[C@@H]3CC=C4C[C@@H](O)CC[C@]4(C)[C@H]3CC[C@]12C. The van der Waals surface area contributed by atoms with Crippen molar-refractivity contribution in [2.45, 2.75) is 104 Å². The fraction of sp³-hybridized carbons (Fsp3) is 0.867. The summed E-state index contributed by atoms with van der Waals surface area (Å²) in [5, 5.41) is 19.6. The van der Waals surface area contributed by atoms with E-state index < -0.39 is 6.09 Å². The number of carboxylic acid groups (broad SMARTS) is 1. The van der Waals surface area contributed by atoms with Gasteiger partial charge < -0.3 is 20.0 Å². The number of carbonyl (C=O) groups excluding carboxylic acids is 1. The Morgan fingerprint density at radius 1 is 1.11 bits per heavy atom. The van der Waals surface area contributed by atoms with E-state index in [0.29, 0.717) is 48.7 Å². The molecular formula is C30H48N2O4. The molecule has 4 fully saturated rings. The predicted octanol–water partition coefficient (Wildman–Crippen LogP) is 5.55. The van der Waals surface area contributed by atoms with Crippen LogP contribution in [0.5, 0.6) is 0 Å². The quantitative estimate of drug-likeness (QED) is 0.496. The number of amides is 2. The van der Waals surface area contributed by atoms with Gasteiger partial charge in [-0.2, -0.15) is 0 Å². The van der Waals surface area contributed by atoms with Gasteiger partial charge in [0.2, 0.25) is 5.91 Å². The first-order valence-corrected chi connectivity index (χ1v) is 14.7. The van der Waals surface area contributed by atoms with Gasteiger partial charge in [-0.25, -0.2) is 4.79 Å². The topological polar surface area (TPSA) is 81.1 Å². The molecule has 1 aliphatic heterocycles. The Balaban J connectivity index is 1.20. The van der Waals surface area contributed by atoms with Gasteiger partial charge in [-0.3, -0.25) is 4.79 Å². The molecule has 0 aromatic rings. The maximum atomic E-state index is 13.0. The lowest BCUT2D eigenvalue weighted by atomic mass is 9.47. The highest BCUT2D eigenvalue weighted by molar-refractivity contribution is 5.76. The smallest absolute Gasteiger partial charge is 0.407 e. The fourth-order valence-corrected chi connectivity index (χ4v) is 9.80. The van der Waals surface area contributed by atoms with Crippen LogP contribution >= 0.6 is 0 Å². The Labute approximate surface area is 217 Å². The van der Waals surface area contributed by atoms with Crippen LogP contribution in [0.1, 0.15) is 91.9 Å². The van der Waals surface area contributed by atoms with Crippen LogP contribution in [0.2, 0.25) is 0 Å². The van der Waals surface area contributed by atoms with Crippen molar-refractivity contribution in [2.75, 3.05) is 19.6 Å². The van der Waals surface area contributed by atoms with E-state index in [1.165, 1.54) is 37.0 Å². The highest BCUT2D eigenvalue weighted by atomic mass is 16.4. The molecule has 6 nitrogen and oxygen atoms in total. The Bertz CT molecular complexity index is 903. The van der Waals surface area contributed by atoms with Crippen molar-refractivity contribution in [1.82, 2.24) is 9.80 Å². The van der Waals surface area contributed by atoms with E-state index in [0.717, 1.165) is 43.4 Å². The molecule has 202 valence electrons. The molecule has 1 heterocycles. The van der Waals surface area contributed by atoms with Crippen molar-refractivity contribution in [3.63, 3.8) is 0 Å². The van der Waals surface area contributed by atoms with Gasteiger partial charge in [-0.1, -0.05) is 32.4 Å². The van der Waals surface area contributed by atoms with Crippen LogP contribution in [0.3, 0.4) is 0 Å². The van der Waals surface area contributed by atoms with Crippen molar-refractivity contribution in [3.05, 3.63) is 11.6 Å². The van der Waals surface area contributed by atoms with Gasteiger partial charge >= 0.3 is 6.09 Å². The average Bonchev–Trinajstić information content (AvgIpc) is 3.19. The van der Waals surface area contributed by atoms with Crippen LogP contribution in [0.15, 0.2) is 11.6 Å². The highest BCUT2D eigenvalue weighted by Crippen LogP contribution is 2.67. The number of allylic oxidation sites excluding steroid dienone is 1. The molecule has 2 N–H and O–H groups in total. The Hall–Kier alpha value is -1.56. The minimum atomic E-state index is -0.887. The van der Waals surface area contributed by atoms with Crippen LogP contribution in [0.4, 0.5) is 4.79 Å². The molecule has 5 aliphatic rings. The Morgan fingerprint density at radius 3 is 2.61 bits per heavy atom. The van der Waals surface area contributed by atoms with E-state index in [1.807, 2.05) is 11.8 Å². The summed E-state index contributed by atoms with van der Waals surface area (Å²) >= 11 is 0. The maximum Gasteiger partial charge on any atom is 0.407 e. The van der Waals surface area contributed by atoms with Gasteiger partial charge in [0.15, 0.2) is 0 Å². The summed E-state index contributed by atoms with van der Waals surface area (Å²) in [6.45, 7) is 10.8. The number of carbonyl (C=O) groups is 2. The molecule has 9 atom stereocenters. The number of hydrogen-bond acceptors (Lipinski definition) is 3. The molecule has 0 radical (unpaired) electrons. The van der Waals surface area contributed by atoms with Crippen molar-refractivity contribution < 1.29 is 19.8 Å². The average molecular weight is 501 g/mol. The van der Waals surface area contributed by atoms with Crippen LogP contribution in [0.25, 0.3) is 0 Å². The first-order valence-electron chi connectivity index (χ1n) is 14.7. The monoisotopic (exact) mass is 500 g/mol. The number of hydrogen-bond donors (Lipinski definition) is 2. The lowest BCUT2D eigenvalue weighted by Crippen LogP contribution is -2.55. The first-order chi connectivity index (χ1) is 17.0. The molecule has 0 bridgehead atoms. The third kappa shape index (κ3) is 4.29. The number of fused-ring (bicyclic) bond motifs is 5. The molecular weight excluding hydrogens is 452 g/mol. The molecule has 1 saturated heterocycles. The van der Waals surface area contributed by atoms with Gasteiger partial charge in [0.25, 0.3) is 0 Å². The molecule has 4 aliphatic carbocycles. The van der Waals surface area contributed by atoms with Crippen molar-refractivity contribution in [1.29, 1.82) is 0 Å². The molecule has 5 rings (SSSR count). The van der Waals surface area contributed by atoms with Crippen LogP contribution < -0.4 is 0 Å². The van der Waals surface area contributed by atoms with E-state index in [1.54, 1.807) is 5.57 Å². The number of piperazine rings is 1.